The molecule has 1 N–H and O–H groups in total. The zero-order valence-corrected chi connectivity index (χ0v) is 13.8. The number of benzene rings is 2. The molecule has 0 aliphatic carbocycles. The Bertz CT molecular complexity index is 1010. The van der Waals surface area contributed by atoms with E-state index < -0.39 is 0 Å². The van der Waals surface area contributed by atoms with Crippen LogP contribution in [0.3, 0.4) is 0 Å². The van der Waals surface area contributed by atoms with Gasteiger partial charge in [-0.3, -0.25) is 0 Å². The van der Waals surface area contributed by atoms with Gasteiger partial charge < -0.3 is 5.32 Å². The molecule has 0 unspecified atom stereocenters. The summed E-state index contributed by atoms with van der Waals surface area (Å²) < 4.78 is 1.72. The Balaban J connectivity index is 1.86. The van der Waals surface area contributed by atoms with Crippen molar-refractivity contribution in [3.63, 3.8) is 0 Å². The van der Waals surface area contributed by atoms with Crippen molar-refractivity contribution in [2.24, 2.45) is 0 Å². The quantitative estimate of drug-likeness (QED) is 0.533. The first-order chi connectivity index (χ1) is 11.7. The van der Waals surface area contributed by atoms with E-state index in [9.17, 15) is 0 Å². The van der Waals surface area contributed by atoms with Crippen LogP contribution < -0.4 is 5.32 Å². The molecule has 2 aromatic heterocycles. The number of nitrogens with one attached hydrogen (secondary N) is 1. The minimum atomic E-state index is 0.134. The molecule has 0 aliphatic heterocycles. The number of rotatable bonds is 3. The van der Waals surface area contributed by atoms with Crippen molar-refractivity contribution in [1.29, 1.82) is 0 Å². The van der Waals surface area contributed by atoms with Crippen molar-refractivity contribution in [1.82, 2.24) is 19.7 Å². The summed E-state index contributed by atoms with van der Waals surface area (Å²) in [4.78, 5) is 8.59. The number of nitrogens with zero attached hydrogens (tertiary/aromatic N) is 4. The molecule has 2 heterocycles. The van der Waals surface area contributed by atoms with E-state index in [4.69, 9.17) is 23.2 Å². The molecular formula is C17H11Cl2N5. The lowest BCUT2D eigenvalue weighted by molar-refractivity contribution is 0.895. The zero-order chi connectivity index (χ0) is 16.5. The Kier molecular flexibility index (Phi) is 3.80. The van der Waals surface area contributed by atoms with Crippen LogP contribution in [0.25, 0.3) is 16.7 Å². The van der Waals surface area contributed by atoms with Gasteiger partial charge in [0.1, 0.15) is 5.82 Å². The lowest BCUT2D eigenvalue weighted by Gasteiger charge is -2.09. The summed E-state index contributed by atoms with van der Waals surface area (Å²) >= 11 is 12.3. The highest BCUT2D eigenvalue weighted by Gasteiger charge is 2.14. The predicted octanol–water partition coefficient (Wildman–Crippen LogP) is 4.87. The third-order valence-electron chi connectivity index (χ3n) is 3.53. The van der Waals surface area contributed by atoms with E-state index in [2.05, 4.69) is 20.4 Å². The Morgan fingerprint density at radius 1 is 0.875 bits per heavy atom. The number of fused-ring (bicyclic) bond motifs is 1. The molecule has 0 atom stereocenters. The fraction of sp³-hybridized carbons (Fsp3) is 0. The fourth-order valence-corrected chi connectivity index (χ4v) is 2.77. The van der Waals surface area contributed by atoms with Gasteiger partial charge in [-0.2, -0.15) is 15.1 Å². The zero-order valence-electron chi connectivity index (χ0n) is 12.3. The second-order valence-electron chi connectivity index (χ2n) is 5.08. The molecule has 0 aliphatic rings. The summed E-state index contributed by atoms with van der Waals surface area (Å²) in [6, 6.07) is 17.1. The molecule has 0 spiro atoms. The van der Waals surface area contributed by atoms with Crippen LogP contribution in [-0.2, 0) is 0 Å². The highest BCUT2D eigenvalue weighted by Crippen LogP contribution is 2.29. The standard InChI is InChI=1S/C17H11Cl2N5/c18-13-8-4-5-9-14(13)21-15-12-10-20-24(11-6-2-1-3-7-11)16(12)23-17(19)22-15/h1-10H,(H,21,22,23). The van der Waals surface area contributed by atoms with Crippen LogP contribution >= 0.6 is 23.2 Å². The molecule has 118 valence electrons. The summed E-state index contributed by atoms with van der Waals surface area (Å²) in [6.45, 7) is 0. The first kappa shape index (κ1) is 14.9. The van der Waals surface area contributed by atoms with Gasteiger partial charge in [0, 0.05) is 0 Å². The van der Waals surface area contributed by atoms with Crippen LogP contribution in [0.4, 0.5) is 11.5 Å². The second-order valence-corrected chi connectivity index (χ2v) is 5.82. The maximum atomic E-state index is 6.21. The van der Waals surface area contributed by atoms with Gasteiger partial charge in [-0.05, 0) is 35.9 Å². The highest BCUT2D eigenvalue weighted by molar-refractivity contribution is 6.33. The minimum Gasteiger partial charge on any atom is -0.338 e. The maximum Gasteiger partial charge on any atom is 0.226 e. The van der Waals surface area contributed by atoms with Crippen molar-refractivity contribution < 1.29 is 0 Å². The summed E-state index contributed by atoms with van der Waals surface area (Å²) in [7, 11) is 0. The summed E-state index contributed by atoms with van der Waals surface area (Å²) in [6.07, 6.45) is 1.71. The lowest BCUT2D eigenvalue weighted by Crippen LogP contribution is -2.00. The van der Waals surface area contributed by atoms with Crippen LogP contribution in [0, 0.1) is 0 Å². The molecule has 7 heteroatoms. The van der Waals surface area contributed by atoms with E-state index in [1.807, 2.05) is 48.5 Å². The molecule has 4 aromatic rings. The van der Waals surface area contributed by atoms with Gasteiger partial charge in [-0.25, -0.2) is 4.68 Å². The maximum absolute atomic E-state index is 6.21. The first-order valence-corrected chi connectivity index (χ1v) is 7.96. The van der Waals surface area contributed by atoms with Gasteiger partial charge in [0.25, 0.3) is 0 Å². The molecule has 2 aromatic carbocycles. The Morgan fingerprint density at radius 2 is 1.62 bits per heavy atom. The molecule has 0 bridgehead atoms. The van der Waals surface area contributed by atoms with Crippen molar-refractivity contribution in [3.8, 4) is 5.69 Å². The van der Waals surface area contributed by atoms with E-state index in [-0.39, 0.29) is 5.28 Å². The van der Waals surface area contributed by atoms with Gasteiger partial charge in [0.05, 0.1) is 28.0 Å². The van der Waals surface area contributed by atoms with Gasteiger partial charge in [-0.1, -0.05) is 41.9 Å². The molecule has 24 heavy (non-hydrogen) atoms. The van der Waals surface area contributed by atoms with Crippen molar-refractivity contribution in [2.75, 3.05) is 5.32 Å². The third-order valence-corrected chi connectivity index (χ3v) is 4.03. The second kappa shape index (κ2) is 6.11. The van der Waals surface area contributed by atoms with Crippen LogP contribution in [0.2, 0.25) is 10.3 Å². The average molecular weight is 356 g/mol. The van der Waals surface area contributed by atoms with Crippen molar-refractivity contribution in [2.45, 2.75) is 0 Å². The van der Waals surface area contributed by atoms with Crippen molar-refractivity contribution in [3.05, 3.63) is 71.1 Å². The normalized spacial score (nSPS) is 10.9. The summed E-state index contributed by atoms with van der Waals surface area (Å²) in [5.74, 6) is 0.556. The van der Waals surface area contributed by atoms with Gasteiger partial charge in [0.15, 0.2) is 5.65 Å². The Labute approximate surface area is 147 Å². The molecule has 0 amide bonds. The van der Waals surface area contributed by atoms with Crippen LogP contribution in [0.1, 0.15) is 0 Å². The van der Waals surface area contributed by atoms with Crippen LogP contribution in [0.15, 0.2) is 60.8 Å². The van der Waals surface area contributed by atoms with E-state index in [1.165, 1.54) is 0 Å². The van der Waals surface area contributed by atoms with Gasteiger partial charge in [-0.15, -0.1) is 0 Å². The molecular weight excluding hydrogens is 345 g/mol. The third kappa shape index (κ3) is 2.68. The molecule has 0 saturated heterocycles. The van der Waals surface area contributed by atoms with Crippen LogP contribution in [-0.4, -0.2) is 19.7 Å². The number of halogens is 2. The number of para-hydroxylation sites is 2. The SMILES string of the molecule is Clc1nc(Nc2ccccc2Cl)c2cnn(-c3ccccc3)c2n1. The Morgan fingerprint density at radius 3 is 2.42 bits per heavy atom. The van der Waals surface area contributed by atoms with Gasteiger partial charge >= 0.3 is 0 Å². The first-order valence-electron chi connectivity index (χ1n) is 7.20. The van der Waals surface area contributed by atoms with E-state index >= 15 is 0 Å². The smallest absolute Gasteiger partial charge is 0.226 e. The van der Waals surface area contributed by atoms with Gasteiger partial charge in [0.2, 0.25) is 5.28 Å². The number of aromatic nitrogens is 4. The number of anilines is 2. The van der Waals surface area contributed by atoms with E-state index in [0.717, 1.165) is 16.8 Å². The predicted molar refractivity (Wildman–Crippen MR) is 96.4 cm³/mol. The molecule has 0 fully saturated rings. The monoisotopic (exact) mass is 355 g/mol. The minimum absolute atomic E-state index is 0.134. The lowest BCUT2D eigenvalue weighted by atomic mass is 10.3. The average Bonchev–Trinajstić information content (AvgIpc) is 3.01. The van der Waals surface area contributed by atoms with E-state index in [0.29, 0.717) is 16.5 Å². The van der Waals surface area contributed by atoms with E-state index in [1.54, 1.807) is 16.9 Å². The van der Waals surface area contributed by atoms with Crippen molar-refractivity contribution >= 4 is 45.7 Å². The summed E-state index contributed by atoms with van der Waals surface area (Å²) in [5, 5.41) is 9.09. The largest absolute Gasteiger partial charge is 0.338 e. The fourth-order valence-electron chi connectivity index (χ4n) is 2.43. The topological polar surface area (TPSA) is 55.6 Å². The summed E-state index contributed by atoms with van der Waals surface area (Å²) in [5.41, 5.74) is 2.25. The Hall–Kier alpha value is -2.63. The molecule has 0 radical (unpaired) electrons. The number of hydrogen-bond acceptors (Lipinski definition) is 4. The molecule has 4 rings (SSSR count). The highest BCUT2D eigenvalue weighted by atomic mass is 35.5. The number of hydrogen-bond donors (Lipinski definition) is 1. The molecule has 0 saturated carbocycles. The van der Waals surface area contributed by atoms with Crippen LogP contribution in [0.5, 0.6) is 0 Å². The molecule has 5 nitrogen and oxygen atoms in total.